The van der Waals surface area contributed by atoms with Gasteiger partial charge in [0.2, 0.25) is 5.78 Å². The third-order valence-corrected chi connectivity index (χ3v) is 3.79. The van der Waals surface area contributed by atoms with Crippen molar-refractivity contribution >= 4 is 17.2 Å². The largest absolute Gasteiger partial charge is 0.497 e. The molecule has 0 saturated heterocycles. The zero-order chi connectivity index (χ0) is 15.4. The number of methoxy groups -OCH3 is 1. The van der Waals surface area contributed by atoms with E-state index >= 15 is 0 Å². The zero-order valence-electron chi connectivity index (χ0n) is 12.5. The minimum Gasteiger partial charge on any atom is -0.497 e. The van der Waals surface area contributed by atoms with Gasteiger partial charge in [-0.1, -0.05) is 24.3 Å². The van der Waals surface area contributed by atoms with E-state index < -0.39 is 0 Å². The van der Waals surface area contributed by atoms with Crippen molar-refractivity contribution in [1.82, 2.24) is 0 Å². The molecular formula is C18H18N2O2. The van der Waals surface area contributed by atoms with Gasteiger partial charge in [-0.15, -0.1) is 0 Å². The molecule has 0 heterocycles. The highest BCUT2D eigenvalue weighted by molar-refractivity contribution is 6.46. The number of carbonyl (C=O) groups is 1. The number of rotatable bonds is 3. The summed E-state index contributed by atoms with van der Waals surface area (Å²) in [5.41, 5.74) is 6.27. The number of hydrazone groups is 1. The van der Waals surface area contributed by atoms with Crippen molar-refractivity contribution < 1.29 is 9.53 Å². The maximum atomic E-state index is 12.6. The molecule has 3 rings (SSSR count). The Morgan fingerprint density at radius 2 is 1.82 bits per heavy atom. The van der Waals surface area contributed by atoms with Crippen LogP contribution in [0.15, 0.2) is 53.6 Å². The molecule has 0 unspecified atom stereocenters. The fraction of sp³-hybridized carbons (Fsp3) is 0.222. The van der Waals surface area contributed by atoms with E-state index in [-0.39, 0.29) is 5.78 Å². The van der Waals surface area contributed by atoms with Gasteiger partial charge in [0.25, 0.3) is 0 Å². The number of fused-ring (bicyclic) bond motifs is 1. The van der Waals surface area contributed by atoms with Crippen LogP contribution < -0.4 is 10.2 Å². The average molecular weight is 294 g/mol. The molecule has 0 saturated carbocycles. The number of nitrogens with zero attached hydrogens (tertiary/aromatic N) is 1. The maximum Gasteiger partial charge on any atom is 0.209 e. The second-order valence-corrected chi connectivity index (χ2v) is 5.24. The van der Waals surface area contributed by atoms with E-state index in [4.69, 9.17) is 4.74 Å². The summed E-state index contributed by atoms with van der Waals surface area (Å²) in [6.07, 6.45) is 2.55. The summed E-state index contributed by atoms with van der Waals surface area (Å²) in [7, 11) is 1.63. The van der Waals surface area contributed by atoms with Gasteiger partial charge < -0.3 is 4.74 Å². The number of ketones is 1. The first-order chi connectivity index (χ1) is 10.8. The van der Waals surface area contributed by atoms with Gasteiger partial charge in [0.05, 0.1) is 12.8 Å². The minimum atomic E-state index is 0.0223. The molecule has 2 aromatic carbocycles. The number of carbonyl (C=O) groups excluding carboxylic acids is 1. The smallest absolute Gasteiger partial charge is 0.209 e. The molecule has 112 valence electrons. The lowest BCUT2D eigenvalue weighted by atomic mass is 10.0. The second kappa shape index (κ2) is 6.43. The summed E-state index contributed by atoms with van der Waals surface area (Å²) in [4.78, 5) is 12.6. The molecule has 0 bridgehead atoms. The molecule has 1 aliphatic carbocycles. The zero-order valence-corrected chi connectivity index (χ0v) is 12.5. The highest BCUT2D eigenvalue weighted by Crippen LogP contribution is 2.20. The van der Waals surface area contributed by atoms with Gasteiger partial charge in [0, 0.05) is 5.56 Å². The Morgan fingerprint density at radius 3 is 2.59 bits per heavy atom. The average Bonchev–Trinajstić information content (AvgIpc) is 2.73. The normalized spacial score (nSPS) is 16.0. The van der Waals surface area contributed by atoms with Gasteiger partial charge in [-0.2, -0.15) is 5.10 Å². The molecule has 0 atom stereocenters. The molecule has 0 radical (unpaired) electrons. The van der Waals surface area contributed by atoms with Gasteiger partial charge in [-0.05, 0) is 49.1 Å². The van der Waals surface area contributed by atoms with Crippen molar-refractivity contribution in [3.05, 3.63) is 59.7 Å². The second-order valence-electron chi connectivity index (χ2n) is 5.24. The van der Waals surface area contributed by atoms with Crippen molar-refractivity contribution in [2.75, 3.05) is 12.5 Å². The predicted octanol–water partition coefficient (Wildman–Crippen LogP) is 3.68. The van der Waals surface area contributed by atoms with Gasteiger partial charge in [-0.3, -0.25) is 10.2 Å². The fourth-order valence-electron chi connectivity index (χ4n) is 2.58. The summed E-state index contributed by atoms with van der Waals surface area (Å²) in [5, 5.41) is 4.33. The standard InChI is InChI=1S/C18H18N2O2/c1-22-15-11-9-14(10-12-15)19-20-17-8-4-6-13-5-2-3-7-16(13)18(17)21/h2-3,5,7,9-12,19H,4,6,8H2,1H3/b20-17-. The summed E-state index contributed by atoms with van der Waals surface area (Å²) in [6.45, 7) is 0. The monoisotopic (exact) mass is 294 g/mol. The minimum absolute atomic E-state index is 0.0223. The van der Waals surface area contributed by atoms with Crippen molar-refractivity contribution in [3.8, 4) is 5.75 Å². The SMILES string of the molecule is COc1ccc(N/N=C2/CCCc3ccccc3C2=O)cc1. The number of Topliss-reactive ketones (excluding diaryl/α,β-unsaturated/α-hetero) is 1. The first-order valence-electron chi connectivity index (χ1n) is 7.37. The maximum absolute atomic E-state index is 12.6. The molecule has 4 nitrogen and oxygen atoms in total. The third-order valence-electron chi connectivity index (χ3n) is 3.79. The lowest BCUT2D eigenvalue weighted by Crippen LogP contribution is -2.15. The van der Waals surface area contributed by atoms with E-state index in [1.165, 1.54) is 0 Å². The summed E-state index contributed by atoms with van der Waals surface area (Å²) < 4.78 is 5.12. The Hall–Kier alpha value is -2.62. The predicted molar refractivity (Wildman–Crippen MR) is 87.8 cm³/mol. The molecule has 0 fully saturated rings. The van der Waals surface area contributed by atoms with Crippen LogP contribution in [0.2, 0.25) is 0 Å². The van der Waals surface area contributed by atoms with Crippen molar-refractivity contribution in [2.45, 2.75) is 19.3 Å². The van der Waals surface area contributed by atoms with E-state index in [0.717, 1.165) is 35.4 Å². The number of nitrogens with one attached hydrogen (secondary N) is 1. The summed E-state index contributed by atoms with van der Waals surface area (Å²) in [5.74, 6) is 0.812. The molecule has 0 spiro atoms. The first-order valence-corrected chi connectivity index (χ1v) is 7.37. The third kappa shape index (κ3) is 3.01. The Labute approximate surface area is 129 Å². The van der Waals surface area contributed by atoms with E-state index in [1.54, 1.807) is 7.11 Å². The quantitative estimate of drug-likeness (QED) is 0.694. The van der Waals surface area contributed by atoms with Crippen LogP contribution in [0.4, 0.5) is 5.69 Å². The molecule has 0 aromatic heterocycles. The van der Waals surface area contributed by atoms with Crippen LogP contribution in [0.3, 0.4) is 0 Å². The van der Waals surface area contributed by atoms with Crippen LogP contribution in [0.25, 0.3) is 0 Å². The number of hydrogen-bond donors (Lipinski definition) is 1. The van der Waals surface area contributed by atoms with Crippen molar-refractivity contribution in [2.24, 2.45) is 5.10 Å². The molecule has 2 aromatic rings. The number of anilines is 1. The molecule has 4 heteroatoms. The Kier molecular flexibility index (Phi) is 4.19. The molecule has 1 aliphatic rings. The lowest BCUT2D eigenvalue weighted by molar-refractivity contribution is 0.106. The summed E-state index contributed by atoms with van der Waals surface area (Å²) >= 11 is 0. The van der Waals surface area contributed by atoms with Gasteiger partial charge >= 0.3 is 0 Å². The number of ether oxygens (including phenoxy) is 1. The molecule has 1 N–H and O–H groups in total. The first kappa shape index (κ1) is 14.3. The van der Waals surface area contributed by atoms with Crippen LogP contribution in [-0.4, -0.2) is 18.6 Å². The number of benzene rings is 2. The number of hydrogen-bond acceptors (Lipinski definition) is 4. The lowest BCUT2D eigenvalue weighted by Gasteiger charge is -2.06. The van der Waals surface area contributed by atoms with Crippen LogP contribution in [-0.2, 0) is 6.42 Å². The van der Waals surface area contributed by atoms with E-state index in [1.807, 2.05) is 48.5 Å². The van der Waals surface area contributed by atoms with Crippen molar-refractivity contribution in [3.63, 3.8) is 0 Å². The van der Waals surface area contributed by atoms with E-state index in [2.05, 4.69) is 10.5 Å². The van der Waals surface area contributed by atoms with Crippen LogP contribution >= 0.6 is 0 Å². The number of aryl methyl sites for hydroxylation is 1. The van der Waals surface area contributed by atoms with Gasteiger partial charge in [-0.25, -0.2) is 0 Å². The summed E-state index contributed by atoms with van der Waals surface area (Å²) in [6, 6.07) is 15.2. The van der Waals surface area contributed by atoms with Crippen LogP contribution in [0.5, 0.6) is 5.75 Å². The van der Waals surface area contributed by atoms with Crippen LogP contribution in [0.1, 0.15) is 28.8 Å². The van der Waals surface area contributed by atoms with E-state index in [9.17, 15) is 4.79 Å². The van der Waals surface area contributed by atoms with Gasteiger partial charge in [0.1, 0.15) is 11.5 Å². The van der Waals surface area contributed by atoms with Gasteiger partial charge in [0.15, 0.2) is 0 Å². The topological polar surface area (TPSA) is 50.7 Å². The van der Waals surface area contributed by atoms with Crippen molar-refractivity contribution in [1.29, 1.82) is 0 Å². The molecule has 22 heavy (non-hydrogen) atoms. The highest BCUT2D eigenvalue weighted by Gasteiger charge is 2.20. The Balaban J connectivity index is 1.80. The van der Waals surface area contributed by atoms with Crippen LogP contribution in [0, 0.1) is 0 Å². The molecule has 0 aliphatic heterocycles. The molecular weight excluding hydrogens is 276 g/mol. The Bertz CT molecular complexity index is 705. The highest BCUT2D eigenvalue weighted by atomic mass is 16.5. The molecule has 0 amide bonds. The van der Waals surface area contributed by atoms with E-state index in [0.29, 0.717) is 12.1 Å². The fourth-order valence-corrected chi connectivity index (χ4v) is 2.58. The Morgan fingerprint density at radius 1 is 1.05 bits per heavy atom.